The second kappa shape index (κ2) is 10.6. The van der Waals surface area contributed by atoms with Crippen molar-refractivity contribution in [1.82, 2.24) is 24.8 Å². The highest BCUT2D eigenvalue weighted by molar-refractivity contribution is 6.00. The Bertz CT molecular complexity index is 1610. The van der Waals surface area contributed by atoms with Crippen LogP contribution >= 0.6 is 0 Å². The highest BCUT2D eigenvalue weighted by Crippen LogP contribution is 2.37. The third kappa shape index (κ3) is 4.58. The number of amides is 2. The number of pyridine rings is 2. The first-order chi connectivity index (χ1) is 19.6. The first kappa shape index (κ1) is 25.3. The Kier molecular flexibility index (Phi) is 6.74. The molecule has 0 unspecified atom stereocenters. The summed E-state index contributed by atoms with van der Waals surface area (Å²) in [6.07, 6.45) is 6.63. The molecule has 4 aromatic rings. The number of hydrogen-bond acceptors (Lipinski definition) is 9. The van der Waals surface area contributed by atoms with Crippen LogP contribution in [0.15, 0.2) is 55.1 Å². The number of fused-ring (bicyclic) bond motifs is 2. The fraction of sp³-hybridized carbons (Fsp3) is 0.310. The minimum atomic E-state index is -0.147. The minimum absolute atomic E-state index is 0.147. The molecule has 0 bridgehead atoms. The second-order valence-corrected chi connectivity index (χ2v) is 9.85. The van der Waals surface area contributed by atoms with Gasteiger partial charge in [0, 0.05) is 49.0 Å². The van der Waals surface area contributed by atoms with Gasteiger partial charge in [-0.3, -0.25) is 0 Å². The molecule has 1 aromatic carbocycles. The number of urea groups is 1. The number of carbonyl (C=O) groups is 1. The van der Waals surface area contributed by atoms with E-state index in [1.807, 2.05) is 29.2 Å². The maximum atomic E-state index is 13.8. The highest BCUT2D eigenvalue weighted by Gasteiger charge is 2.35. The lowest BCUT2D eigenvalue weighted by atomic mass is 9.95. The van der Waals surface area contributed by atoms with Crippen molar-refractivity contribution in [3.05, 3.63) is 66.4 Å². The SMILES string of the molecule is COc1cc2ncnc(N3CCC(CN4Cc5cccnc5N(c5ccnc(C#N)c5)C4=O)CC3)c2cc1OC. The molecule has 202 valence electrons. The summed E-state index contributed by atoms with van der Waals surface area (Å²) in [5, 5.41) is 10.3. The molecule has 0 spiro atoms. The third-order valence-corrected chi connectivity index (χ3v) is 7.53. The van der Waals surface area contributed by atoms with Gasteiger partial charge in [-0.25, -0.2) is 29.6 Å². The number of nitriles is 1. The molecule has 0 aliphatic carbocycles. The third-order valence-electron chi connectivity index (χ3n) is 7.53. The number of benzene rings is 1. The van der Waals surface area contributed by atoms with Crippen LogP contribution in [0.1, 0.15) is 24.1 Å². The summed E-state index contributed by atoms with van der Waals surface area (Å²) in [6, 6.07) is 12.9. The van der Waals surface area contributed by atoms with E-state index < -0.39 is 0 Å². The average molecular weight is 537 g/mol. The van der Waals surface area contributed by atoms with Crippen LogP contribution in [0, 0.1) is 17.2 Å². The van der Waals surface area contributed by atoms with Crippen molar-refractivity contribution in [1.29, 1.82) is 5.26 Å². The standard InChI is InChI=1S/C29H28N8O3/c1-39-25-13-23-24(14-26(25)40-2)33-18-34-28(23)35-10-6-19(7-11-35)16-36-17-20-4-3-8-32-27(20)37(29(36)38)22-5-9-31-21(12-22)15-30/h3-5,8-9,12-14,18-19H,6-7,10-11,16-17H2,1-2H3. The van der Waals surface area contributed by atoms with E-state index in [1.54, 1.807) is 50.0 Å². The van der Waals surface area contributed by atoms with Crippen LogP contribution in [-0.4, -0.2) is 64.7 Å². The molecule has 2 aliphatic heterocycles. The summed E-state index contributed by atoms with van der Waals surface area (Å²) >= 11 is 0. The summed E-state index contributed by atoms with van der Waals surface area (Å²) < 4.78 is 11.0. The zero-order valence-electron chi connectivity index (χ0n) is 22.3. The van der Waals surface area contributed by atoms with E-state index in [0.717, 1.165) is 48.2 Å². The number of methoxy groups -OCH3 is 2. The first-order valence-electron chi connectivity index (χ1n) is 13.1. The lowest BCUT2D eigenvalue weighted by molar-refractivity contribution is 0.183. The number of aromatic nitrogens is 4. The van der Waals surface area contributed by atoms with Crippen molar-refractivity contribution >= 4 is 34.3 Å². The average Bonchev–Trinajstić information content (AvgIpc) is 3.01. The van der Waals surface area contributed by atoms with Crippen molar-refractivity contribution in [2.24, 2.45) is 5.92 Å². The number of rotatable bonds is 6. The topological polar surface area (TPSA) is 121 Å². The molecule has 0 radical (unpaired) electrons. The summed E-state index contributed by atoms with van der Waals surface area (Å²) in [6.45, 7) is 2.74. The van der Waals surface area contributed by atoms with Crippen LogP contribution in [0.25, 0.3) is 10.9 Å². The smallest absolute Gasteiger partial charge is 0.330 e. The number of anilines is 3. The Morgan fingerprint density at radius 3 is 2.55 bits per heavy atom. The number of carbonyl (C=O) groups excluding carboxylic acids is 1. The van der Waals surface area contributed by atoms with Crippen LogP contribution in [0.5, 0.6) is 11.5 Å². The van der Waals surface area contributed by atoms with E-state index in [4.69, 9.17) is 9.47 Å². The molecular weight excluding hydrogens is 508 g/mol. The molecule has 40 heavy (non-hydrogen) atoms. The van der Waals surface area contributed by atoms with E-state index in [9.17, 15) is 10.1 Å². The molecule has 0 atom stereocenters. The van der Waals surface area contributed by atoms with Crippen LogP contribution in [-0.2, 0) is 6.54 Å². The van der Waals surface area contributed by atoms with Crippen molar-refractivity contribution in [3.8, 4) is 17.6 Å². The van der Waals surface area contributed by atoms with E-state index in [0.29, 0.717) is 42.0 Å². The van der Waals surface area contributed by atoms with E-state index in [2.05, 4.69) is 30.9 Å². The molecule has 0 N–H and O–H groups in total. The number of piperidine rings is 1. The van der Waals surface area contributed by atoms with Gasteiger partial charge in [-0.15, -0.1) is 0 Å². The maximum absolute atomic E-state index is 13.8. The lowest BCUT2D eigenvalue weighted by Crippen LogP contribution is -2.48. The van der Waals surface area contributed by atoms with Crippen molar-refractivity contribution < 1.29 is 14.3 Å². The van der Waals surface area contributed by atoms with Gasteiger partial charge in [-0.1, -0.05) is 6.07 Å². The van der Waals surface area contributed by atoms with Gasteiger partial charge in [0.25, 0.3) is 0 Å². The number of nitrogens with zero attached hydrogens (tertiary/aromatic N) is 8. The molecule has 1 saturated heterocycles. The fourth-order valence-electron chi connectivity index (χ4n) is 5.52. The lowest BCUT2D eigenvalue weighted by Gasteiger charge is -2.40. The van der Waals surface area contributed by atoms with E-state index >= 15 is 0 Å². The second-order valence-electron chi connectivity index (χ2n) is 9.85. The van der Waals surface area contributed by atoms with Gasteiger partial charge in [0.2, 0.25) is 0 Å². The molecular formula is C29H28N8O3. The number of ether oxygens (including phenoxy) is 2. The Hall–Kier alpha value is -4.98. The molecule has 5 heterocycles. The molecule has 1 fully saturated rings. The fourth-order valence-corrected chi connectivity index (χ4v) is 5.52. The van der Waals surface area contributed by atoms with Gasteiger partial charge in [-0.2, -0.15) is 5.26 Å². The summed E-state index contributed by atoms with van der Waals surface area (Å²) in [7, 11) is 3.23. The summed E-state index contributed by atoms with van der Waals surface area (Å²) in [5.41, 5.74) is 2.60. The molecule has 2 aliphatic rings. The zero-order chi connectivity index (χ0) is 27.6. The molecule has 11 nitrogen and oxygen atoms in total. The highest BCUT2D eigenvalue weighted by atomic mass is 16.5. The Morgan fingerprint density at radius 2 is 1.77 bits per heavy atom. The number of hydrogen-bond donors (Lipinski definition) is 0. The van der Waals surface area contributed by atoms with Crippen LogP contribution < -0.4 is 19.3 Å². The molecule has 11 heteroatoms. The maximum Gasteiger partial charge on any atom is 0.330 e. The van der Waals surface area contributed by atoms with E-state index in [-0.39, 0.29) is 11.7 Å². The van der Waals surface area contributed by atoms with Gasteiger partial charge in [0.1, 0.15) is 29.7 Å². The quantitative estimate of drug-likeness (QED) is 0.355. The summed E-state index contributed by atoms with van der Waals surface area (Å²) in [4.78, 5) is 37.1. The van der Waals surface area contributed by atoms with Crippen LogP contribution in [0.4, 0.5) is 22.1 Å². The largest absolute Gasteiger partial charge is 0.493 e. The van der Waals surface area contributed by atoms with Gasteiger partial charge >= 0.3 is 6.03 Å². The van der Waals surface area contributed by atoms with Crippen molar-refractivity contribution in [3.63, 3.8) is 0 Å². The molecule has 0 saturated carbocycles. The Balaban J connectivity index is 1.20. The van der Waals surface area contributed by atoms with Crippen molar-refractivity contribution in [2.45, 2.75) is 19.4 Å². The Morgan fingerprint density at radius 1 is 0.975 bits per heavy atom. The first-order valence-corrected chi connectivity index (χ1v) is 13.1. The molecule has 3 aromatic heterocycles. The predicted octanol–water partition coefficient (Wildman–Crippen LogP) is 4.30. The van der Waals surface area contributed by atoms with Crippen LogP contribution in [0.2, 0.25) is 0 Å². The van der Waals surface area contributed by atoms with Crippen molar-refractivity contribution in [2.75, 3.05) is 43.7 Å². The minimum Gasteiger partial charge on any atom is -0.493 e. The molecule has 6 rings (SSSR count). The molecule has 2 amide bonds. The normalized spacial score (nSPS) is 15.6. The monoisotopic (exact) mass is 536 g/mol. The van der Waals surface area contributed by atoms with E-state index in [1.165, 1.54) is 0 Å². The zero-order valence-corrected chi connectivity index (χ0v) is 22.3. The summed E-state index contributed by atoms with van der Waals surface area (Å²) in [5.74, 6) is 3.06. The van der Waals surface area contributed by atoms with Crippen LogP contribution in [0.3, 0.4) is 0 Å². The van der Waals surface area contributed by atoms with Gasteiger partial charge in [-0.05, 0) is 43.0 Å². The van der Waals surface area contributed by atoms with Gasteiger partial charge < -0.3 is 19.3 Å². The Labute approximate surface area is 231 Å². The van der Waals surface area contributed by atoms with Gasteiger partial charge in [0.15, 0.2) is 11.5 Å². The predicted molar refractivity (Wildman–Crippen MR) is 149 cm³/mol. The van der Waals surface area contributed by atoms with Gasteiger partial charge in [0.05, 0.1) is 32.0 Å².